The van der Waals surface area contributed by atoms with Crippen LogP contribution in [0.1, 0.15) is 24.2 Å². The molecule has 4 heteroatoms. The van der Waals surface area contributed by atoms with Gasteiger partial charge in [-0.25, -0.2) is 4.79 Å². The van der Waals surface area contributed by atoms with Gasteiger partial charge in [-0.15, -0.1) is 0 Å². The number of hydrogen-bond donors (Lipinski definition) is 0. The minimum atomic E-state index is -0.281. The highest BCUT2D eigenvalue weighted by Crippen LogP contribution is 2.25. The Hall–Kier alpha value is -2.10. The van der Waals surface area contributed by atoms with E-state index in [1.165, 1.54) is 0 Å². The molecule has 0 unspecified atom stereocenters. The number of aromatic nitrogens is 2. The van der Waals surface area contributed by atoms with Crippen LogP contribution in [-0.2, 0) is 11.3 Å². The highest BCUT2D eigenvalue weighted by Gasteiger charge is 2.16. The van der Waals surface area contributed by atoms with E-state index in [-0.39, 0.29) is 5.97 Å². The topological polar surface area (TPSA) is 44.1 Å². The molecular weight excluding hydrogens is 228 g/mol. The van der Waals surface area contributed by atoms with Crippen LogP contribution in [0.2, 0.25) is 0 Å². The molecule has 4 nitrogen and oxygen atoms in total. The first-order chi connectivity index (χ1) is 8.76. The molecule has 2 rings (SSSR count). The quantitative estimate of drug-likeness (QED) is 0.777. The molecule has 0 aliphatic carbocycles. The molecule has 2 aromatic rings. The second-order valence-electron chi connectivity index (χ2n) is 3.87. The number of rotatable bonds is 4. The summed E-state index contributed by atoms with van der Waals surface area (Å²) in [6.45, 7) is 5.04. The van der Waals surface area contributed by atoms with Crippen LogP contribution in [0.25, 0.3) is 11.1 Å². The average molecular weight is 244 g/mol. The summed E-state index contributed by atoms with van der Waals surface area (Å²) in [6, 6.07) is 3.77. The van der Waals surface area contributed by atoms with Gasteiger partial charge in [-0.1, -0.05) is 0 Å². The van der Waals surface area contributed by atoms with Gasteiger partial charge in [-0.2, -0.15) is 0 Å². The lowest BCUT2D eigenvalue weighted by Gasteiger charge is -2.03. The van der Waals surface area contributed by atoms with E-state index >= 15 is 0 Å². The number of hydrogen-bond acceptors (Lipinski definition) is 3. The van der Waals surface area contributed by atoms with Gasteiger partial charge < -0.3 is 9.30 Å². The summed E-state index contributed by atoms with van der Waals surface area (Å²) in [5.74, 6) is -0.281. The zero-order chi connectivity index (χ0) is 13.0. The lowest BCUT2D eigenvalue weighted by atomic mass is 10.1. The van der Waals surface area contributed by atoms with Crippen molar-refractivity contribution in [2.24, 2.45) is 0 Å². The van der Waals surface area contributed by atoms with E-state index in [1.54, 1.807) is 19.3 Å². The first-order valence-corrected chi connectivity index (χ1v) is 6.03. The summed E-state index contributed by atoms with van der Waals surface area (Å²) < 4.78 is 7.05. The Morgan fingerprint density at radius 3 is 2.61 bits per heavy atom. The van der Waals surface area contributed by atoms with E-state index < -0.39 is 0 Å². The zero-order valence-electron chi connectivity index (χ0n) is 10.6. The van der Waals surface area contributed by atoms with Crippen molar-refractivity contribution in [2.45, 2.75) is 20.4 Å². The van der Waals surface area contributed by atoms with E-state index in [2.05, 4.69) is 4.98 Å². The molecule has 94 valence electrons. The fourth-order valence-corrected chi connectivity index (χ4v) is 1.82. The third-order valence-corrected chi connectivity index (χ3v) is 2.73. The van der Waals surface area contributed by atoms with Crippen LogP contribution in [0.15, 0.2) is 36.9 Å². The Morgan fingerprint density at radius 2 is 2.00 bits per heavy atom. The maximum Gasteiger partial charge on any atom is 0.340 e. The smallest absolute Gasteiger partial charge is 0.340 e. The van der Waals surface area contributed by atoms with E-state index in [9.17, 15) is 4.79 Å². The predicted octanol–water partition coefficient (Wildman–Crippen LogP) is 2.75. The first kappa shape index (κ1) is 12.4. The largest absolute Gasteiger partial charge is 0.462 e. The average Bonchev–Trinajstić information content (AvgIpc) is 2.84. The number of aryl methyl sites for hydroxylation is 1. The highest BCUT2D eigenvalue weighted by atomic mass is 16.5. The van der Waals surface area contributed by atoms with Gasteiger partial charge in [0.05, 0.1) is 12.2 Å². The fraction of sp³-hybridized carbons (Fsp3) is 0.286. The van der Waals surface area contributed by atoms with E-state index in [0.717, 1.165) is 17.7 Å². The van der Waals surface area contributed by atoms with Crippen LogP contribution in [-0.4, -0.2) is 22.1 Å². The number of nitrogens with zero attached hydrogens (tertiary/aromatic N) is 2. The minimum absolute atomic E-state index is 0.281. The van der Waals surface area contributed by atoms with Gasteiger partial charge in [0.1, 0.15) is 0 Å². The molecule has 0 fully saturated rings. The van der Waals surface area contributed by atoms with Gasteiger partial charge in [-0.05, 0) is 31.5 Å². The van der Waals surface area contributed by atoms with Gasteiger partial charge in [0, 0.05) is 36.9 Å². The molecule has 0 aliphatic heterocycles. The van der Waals surface area contributed by atoms with Crippen molar-refractivity contribution in [3.63, 3.8) is 0 Å². The van der Waals surface area contributed by atoms with Crippen molar-refractivity contribution in [1.29, 1.82) is 0 Å². The maximum atomic E-state index is 11.9. The van der Waals surface area contributed by atoms with Crippen LogP contribution in [0.3, 0.4) is 0 Å². The van der Waals surface area contributed by atoms with Crippen LogP contribution in [0, 0.1) is 0 Å². The van der Waals surface area contributed by atoms with Crippen molar-refractivity contribution >= 4 is 5.97 Å². The second-order valence-corrected chi connectivity index (χ2v) is 3.87. The molecule has 0 atom stereocenters. The lowest BCUT2D eigenvalue weighted by molar-refractivity contribution is 0.0527. The summed E-state index contributed by atoms with van der Waals surface area (Å²) in [5.41, 5.74) is 2.46. The SMILES string of the molecule is CCOC(=O)c1cn(CC)cc1-c1ccncc1. The third-order valence-electron chi connectivity index (χ3n) is 2.73. The van der Waals surface area contributed by atoms with Gasteiger partial charge in [0.2, 0.25) is 0 Å². The van der Waals surface area contributed by atoms with Crippen molar-refractivity contribution < 1.29 is 9.53 Å². The Bertz CT molecular complexity index is 532. The molecule has 0 N–H and O–H groups in total. The molecule has 2 aromatic heterocycles. The molecule has 2 heterocycles. The fourth-order valence-electron chi connectivity index (χ4n) is 1.82. The Morgan fingerprint density at radius 1 is 1.28 bits per heavy atom. The summed E-state index contributed by atoms with van der Waals surface area (Å²) in [4.78, 5) is 15.9. The molecule has 0 aromatic carbocycles. The van der Waals surface area contributed by atoms with Crippen molar-refractivity contribution in [1.82, 2.24) is 9.55 Å². The van der Waals surface area contributed by atoms with E-state index in [1.807, 2.05) is 36.0 Å². The molecule has 0 bridgehead atoms. The summed E-state index contributed by atoms with van der Waals surface area (Å²) in [5, 5.41) is 0. The van der Waals surface area contributed by atoms with Gasteiger partial charge >= 0.3 is 5.97 Å². The van der Waals surface area contributed by atoms with Crippen LogP contribution < -0.4 is 0 Å². The van der Waals surface area contributed by atoms with Crippen LogP contribution in [0.4, 0.5) is 0 Å². The Balaban J connectivity index is 2.45. The van der Waals surface area contributed by atoms with Crippen molar-refractivity contribution in [2.75, 3.05) is 6.61 Å². The molecule has 0 radical (unpaired) electrons. The Kier molecular flexibility index (Phi) is 3.77. The third kappa shape index (κ3) is 2.42. The number of carbonyl (C=O) groups excluding carboxylic acids is 1. The van der Waals surface area contributed by atoms with E-state index in [4.69, 9.17) is 4.74 Å². The highest BCUT2D eigenvalue weighted by molar-refractivity contribution is 5.97. The zero-order valence-corrected chi connectivity index (χ0v) is 10.6. The molecule has 0 amide bonds. The number of carbonyl (C=O) groups is 1. The molecule has 0 spiro atoms. The summed E-state index contributed by atoms with van der Waals surface area (Å²) in [7, 11) is 0. The maximum absolute atomic E-state index is 11.9. The predicted molar refractivity (Wildman–Crippen MR) is 69.3 cm³/mol. The molecule has 0 saturated heterocycles. The first-order valence-electron chi connectivity index (χ1n) is 6.03. The summed E-state index contributed by atoms with van der Waals surface area (Å²) >= 11 is 0. The lowest BCUT2D eigenvalue weighted by Crippen LogP contribution is -2.04. The van der Waals surface area contributed by atoms with Gasteiger partial charge in [0.15, 0.2) is 0 Å². The van der Waals surface area contributed by atoms with Gasteiger partial charge in [0.25, 0.3) is 0 Å². The van der Waals surface area contributed by atoms with Crippen LogP contribution in [0.5, 0.6) is 0 Å². The molecule has 0 aliphatic rings. The van der Waals surface area contributed by atoms with Crippen molar-refractivity contribution in [3.8, 4) is 11.1 Å². The number of pyridine rings is 1. The van der Waals surface area contributed by atoms with E-state index in [0.29, 0.717) is 12.2 Å². The second kappa shape index (κ2) is 5.49. The molecular formula is C14H16N2O2. The normalized spacial score (nSPS) is 10.3. The Labute approximate surface area is 106 Å². The minimum Gasteiger partial charge on any atom is -0.462 e. The summed E-state index contributed by atoms with van der Waals surface area (Å²) in [6.07, 6.45) is 7.22. The number of esters is 1. The molecule has 18 heavy (non-hydrogen) atoms. The van der Waals surface area contributed by atoms with Gasteiger partial charge in [-0.3, -0.25) is 4.98 Å². The van der Waals surface area contributed by atoms with Crippen LogP contribution >= 0.6 is 0 Å². The molecule has 0 saturated carbocycles. The number of ether oxygens (including phenoxy) is 1. The standard InChI is InChI=1S/C14H16N2O2/c1-3-16-9-12(11-5-7-15-8-6-11)13(10-16)14(17)18-4-2/h5-10H,3-4H2,1-2H3. The monoisotopic (exact) mass is 244 g/mol. The van der Waals surface area contributed by atoms with Crippen molar-refractivity contribution in [3.05, 3.63) is 42.5 Å².